The second kappa shape index (κ2) is 6.91. The average Bonchev–Trinajstić information content (AvgIpc) is 2.48. The first-order chi connectivity index (χ1) is 9.74. The van der Waals surface area contributed by atoms with Crippen LogP contribution in [0.25, 0.3) is 0 Å². The molecule has 0 atom stereocenters. The molecule has 1 N–H and O–H groups in total. The van der Waals surface area contributed by atoms with Crippen molar-refractivity contribution in [2.24, 2.45) is 0 Å². The summed E-state index contributed by atoms with van der Waals surface area (Å²) in [5, 5.41) is 3.12. The fourth-order valence-corrected chi connectivity index (χ4v) is 2.17. The highest BCUT2D eigenvalue weighted by molar-refractivity contribution is 5.57. The van der Waals surface area contributed by atoms with E-state index in [4.69, 9.17) is 4.74 Å². The van der Waals surface area contributed by atoms with Crippen LogP contribution >= 0.6 is 0 Å². The van der Waals surface area contributed by atoms with Crippen LogP contribution in [0.1, 0.15) is 11.4 Å². The molecule has 0 aliphatic rings. The summed E-state index contributed by atoms with van der Waals surface area (Å²) in [5.41, 5.74) is 3.17. The molecule has 0 unspecified atom stereocenters. The van der Waals surface area contributed by atoms with E-state index in [1.54, 1.807) is 7.11 Å². The minimum atomic E-state index is 0.748. The number of rotatable bonds is 6. The first-order valence-corrected chi connectivity index (χ1v) is 6.68. The van der Waals surface area contributed by atoms with E-state index < -0.39 is 0 Å². The molecule has 0 bridgehead atoms. The van der Waals surface area contributed by atoms with Crippen molar-refractivity contribution in [2.75, 3.05) is 26.1 Å². The molecule has 0 radical (unpaired) electrons. The van der Waals surface area contributed by atoms with Gasteiger partial charge in [0.1, 0.15) is 5.75 Å². The Labute approximate surface area is 120 Å². The Hall–Kier alpha value is -2.07. The number of aromatic nitrogens is 1. The summed E-state index contributed by atoms with van der Waals surface area (Å²) in [7, 11) is 5.66. The van der Waals surface area contributed by atoms with Crippen molar-refractivity contribution >= 4 is 5.69 Å². The maximum atomic E-state index is 5.39. The summed E-state index contributed by atoms with van der Waals surface area (Å²) in [6.07, 6.45) is 0. The zero-order chi connectivity index (χ0) is 14.4. The standard InChI is InChI=1S/C16H21N3O/c1-17-11-13-7-6-8-14(18-13)12-19(2)15-9-4-5-10-16(15)20-3/h4-10,17H,11-12H2,1-3H3. The lowest BCUT2D eigenvalue weighted by Crippen LogP contribution is -2.18. The third-order valence-corrected chi connectivity index (χ3v) is 3.12. The number of pyridine rings is 1. The minimum Gasteiger partial charge on any atom is -0.495 e. The lowest BCUT2D eigenvalue weighted by Gasteiger charge is -2.21. The van der Waals surface area contributed by atoms with Gasteiger partial charge in [-0.05, 0) is 31.3 Å². The molecule has 0 saturated heterocycles. The SMILES string of the molecule is CNCc1cccc(CN(C)c2ccccc2OC)n1. The van der Waals surface area contributed by atoms with Crippen molar-refractivity contribution in [3.63, 3.8) is 0 Å². The molecule has 4 nitrogen and oxygen atoms in total. The molecule has 0 aliphatic heterocycles. The van der Waals surface area contributed by atoms with Gasteiger partial charge in [0.15, 0.2) is 0 Å². The molecule has 2 rings (SSSR count). The zero-order valence-corrected chi connectivity index (χ0v) is 12.3. The second-order valence-corrected chi connectivity index (χ2v) is 4.68. The zero-order valence-electron chi connectivity index (χ0n) is 12.3. The summed E-state index contributed by atoms with van der Waals surface area (Å²) in [5.74, 6) is 0.876. The van der Waals surface area contributed by atoms with Crippen molar-refractivity contribution in [1.29, 1.82) is 0 Å². The van der Waals surface area contributed by atoms with Gasteiger partial charge < -0.3 is 15.0 Å². The monoisotopic (exact) mass is 271 g/mol. The first-order valence-electron chi connectivity index (χ1n) is 6.68. The number of benzene rings is 1. The molecule has 0 amide bonds. The van der Waals surface area contributed by atoms with Crippen LogP contribution < -0.4 is 15.0 Å². The summed E-state index contributed by atoms with van der Waals surface area (Å²) in [6, 6.07) is 14.1. The topological polar surface area (TPSA) is 37.4 Å². The highest BCUT2D eigenvalue weighted by atomic mass is 16.5. The molecule has 0 saturated carbocycles. The molecule has 1 aromatic carbocycles. The van der Waals surface area contributed by atoms with Crippen LogP contribution in [0.3, 0.4) is 0 Å². The normalized spacial score (nSPS) is 10.3. The van der Waals surface area contributed by atoms with Crippen molar-refractivity contribution in [3.8, 4) is 5.75 Å². The predicted molar refractivity (Wildman–Crippen MR) is 82.1 cm³/mol. The van der Waals surface area contributed by atoms with Crippen molar-refractivity contribution in [3.05, 3.63) is 53.9 Å². The van der Waals surface area contributed by atoms with Gasteiger partial charge in [-0.1, -0.05) is 18.2 Å². The van der Waals surface area contributed by atoms with Gasteiger partial charge in [-0.3, -0.25) is 4.98 Å². The van der Waals surface area contributed by atoms with Crippen molar-refractivity contribution in [2.45, 2.75) is 13.1 Å². The summed E-state index contributed by atoms with van der Waals surface area (Å²) >= 11 is 0. The van der Waals surface area contributed by atoms with E-state index in [1.165, 1.54) is 0 Å². The Bertz CT molecular complexity index is 557. The highest BCUT2D eigenvalue weighted by Crippen LogP contribution is 2.27. The number of nitrogens with one attached hydrogen (secondary N) is 1. The van der Waals surface area contributed by atoms with Crippen LogP contribution in [0.2, 0.25) is 0 Å². The number of methoxy groups -OCH3 is 1. The predicted octanol–water partition coefficient (Wildman–Crippen LogP) is 2.45. The molecule has 2 aromatic rings. The Morgan fingerprint density at radius 3 is 2.60 bits per heavy atom. The Kier molecular flexibility index (Phi) is 4.96. The molecule has 0 fully saturated rings. The summed E-state index contributed by atoms with van der Waals surface area (Å²) < 4.78 is 5.39. The average molecular weight is 271 g/mol. The smallest absolute Gasteiger partial charge is 0.142 e. The maximum Gasteiger partial charge on any atom is 0.142 e. The van der Waals surface area contributed by atoms with Crippen LogP contribution in [0.15, 0.2) is 42.5 Å². The molecule has 4 heteroatoms. The molecule has 20 heavy (non-hydrogen) atoms. The number of ether oxygens (including phenoxy) is 1. The lowest BCUT2D eigenvalue weighted by molar-refractivity contribution is 0.414. The highest BCUT2D eigenvalue weighted by Gasteiger charge is 2.08. The minimum absolute atomic E-state index is 0.748. The van der Waals surface area contributed by atoms with E-state index in [2.05, 4.69) is 21.3 Å². The quantitative estimate of drug-likeness (QED) is 0.875. The van der Waals surface area contributed by atoms with E-state index in [1.807, 2.05) is 50.5 Å². The van der Waals surface area contributed by atoms with Crippen LogP contribution in [0.4, 0.5) is 5.69 Å². The van der Waals surface area contributed by atoms with Gasteiger partial charge in [0.25, 0.3) is 0 Å². The summed E-state index contributed by atoms with van der Waals surface area (Å²) in [6.45, 7) is 1.53. The van der Waals surface area contributed by atoms with E-state index in [9.17, 15) is 0 Å². The van der Waals surface area contributed by atoms with Gasteiger partial charge in [-0.25, -0.2) is 0 Å². The van der Waals surface area contributed by atoms with Crippen LogP contribution in [-0.4, -0.2) is 26.2 Å². The second-order valence-electron chi connectivity index (χ2n) is 4.68. The third kappa shape index (κ3) is 3.48. The molecule has 0 aliphatic carbocycles. The number of para-hydroxylation sites is 2. The van der Waals surface area contributed by atoms with E-state index in [0.717, 1.165) is 35.9 Å². The van der Waals surface area contributed by atoms with Gasteiger partial charge in [0, 0.05) is 13.6 Å². The van der Waals surface area contributed by atoms with Crippen molar-refractivity contribution in [1.82, 2.24) is 10.3 Å². The van der Waals surface area contributed by atoms with Gasteiger partial charge in [0.05, 0.1) is 30.7 Å². The third-order valence-electron chi connectivity index (χ3n) is 3.12. The fraction of sp³-hybridized carbons (Fsp3) is 0.312. The fourth-order valence-electron chi connectivity index (χ4n) is 2.17. The van der Waals surface area contributed by atoms with Crippen LogP contribution in [-0.2, 0) is 13.1 Å². The Morgan fingerprint density at radius 1 is 1.10 bits per heavy atom. The van der Waals surface area contributed by atoms with Crippen molar-refractivity contribution < 1.29 is 4.74 Å². The van der Waals surface area contributed by atoms with Gasteiger partial charge in [-0.15, -0.1) is 0 Å². The van der Waals surface area contributed by atoms with Gasteiger partial charge in [-0.2, -0.15) is 0 Å². The molecular formula is C16H21N3O. The van der Waals surface area contributed by atoms with E-state index in [-0.39, 0.29) is 0 Å². The Balaban J connectivity index is 2.14. The molecule has 0 spiro atoms. The van der Waals surface area contributed by atoms with Gasteiger partial charge in [0.2, 0.25) is 0 Å². The lowest BCUT2D eigenvalue weighted by atomic mass is 10.2. The number of hydrogen-bond acceptors (Lipinski definition) is 4. The first kappa shape index (κ1) is 14.3. The van der Waals surface area contributed by atoms with E-state index >= 15 is 0 Å². The number of hydrogen-bond donors (Lipinski definition) is 1. The number of nitrogens with zero attached hydrogens (tertiary/aromatic N) is 2. The number of anilines is 1. The van der Waals surface area contributed by atoms with Crippen LogP contribution in [0.5, 0.6) is 5.75 Å². The maximum absolute atomic E-state index is 5.39. The summed E-state index contributed by atoms with van der Waals surface area (Å²) in [4.78, 5) is 6.78. The van der Waals surface area contributed by atoms with Crippen LogP contribution in [0, 0.1) is 0 Å². The van der Waals surface area contributed by atoms with Gasteiger partial charge >= 0.3 is 0 Å². The molecular weight excluding hydrogens is 250 g/mol. The molecule has 1 aromatic heterocycles. The molecule has 106 valence electrons. The largest absolute Gasteiger partial charge is 0.495 e. The molecule has 1 heterocycles. The van der Waals surface area contributed by atoms with E-state index in [0.29, 0.717) is 0 Å². The Morgan fingerprint density at radius 2 is 1.85 bits per heavy atom.